The Bertz CT molecular complexity index is 795. The highest BCUT2D eigenvalue weighted by molar-refractivity contribution is 5.24. The summed E-state index contributed by atoms with van der Waals surface area (Å²) in [5.41, 5.74) is 3.61. The van der Waals surface area contributed by atoms with E-state index in [1.165, 1.54) is 17.5 Å². The van der Waals surface area contributed by atoms with Crippen molar-refractivity contribution in [3.8, 4) is 0 Å². The van der Waals surface area contributed by atoms with Crippen LogP contribution in [0.4, 0.5) is 4.39 Å². The first-order chi connectivity index (χ1) is 13.2. The molecule has 3 atom stereocenters. The molecule has 2 saturated heterocycles. The van der Waals surface area contributed by atoms with Crippen LogP contribution in [0.15, 0.2) is 30.3 Å². The fourth-order valence-corrected chi connectivity index (χ4v) is 5.40. The number of hydrogen-bond acceptors (Lipinski definition) is 4. The monoisotopic (exact) mass is 369 g/mol. The quantitative estimate of drug-likeness (QED) is 0.900. The van der Waals surface area contributed by atoms with Gasteiger partial charge in [0.15, 0.2) is 0 Å². The maximum atomic E-state index is 13.8. The fourth-order valence-electron chi connectivity index (χ4n) is 5.40. The normalized spacial score (nSPS) is 28.9. The fraction of sp³-hybridized carbons (Fsp3) is 0.571. The van der Waals surface area contributed by atoms with E-state index in [-0.39, 0.29) is 5.82 Å². The molecule has 0 unspecified atom stereocenters. The molecule has 0 radical (unpaired) electrons. The van der Waals surface area contributed by atoms with Gasteiger partial charge in [-0.3, -0.25) is 14.5 Å². The first-order valence-electron chi connectivity index (χ1n) is 10.1. The molecule has 0 spiro atoms. The zero-order valence-corrected chi connectivity index (χ0v) is 15.9. The van der Waals surface area contributed by atoms with Gasteiger partial charge in [0.05, 0.1) is 11.4 Å². The highest BCUT2D eigenvalue weighted by Gasteiger charge is 2.46. The van der Waals surface area contributed by atoms with Gasteiger partial charge in [0, 0.05) is 45.3 Å². The Balaban J connectivity index is 1.30. The first kappa shape index (κ1) is 17.3. The van der Waals surface area contributed by atoms with Crippen LogP contribution in [0.5, 0.6) is 0 Å². The summed E-state index contributed by atoms with van der Waals surface area (Å²) in [6.45, 7) is 7.20. The van der Waals surface area contributed by atoms with Crippen LogP contribution in [0.2, 0.25) is 0 Å². The lowest BCUT2D eigenvalue weighted by atomic mass is 9.89. The summed E-state index contributed by atoms with van der Waals surface area (Å²) in [5, 5.41) is 8.31. The lowest BCUT2D eigenvalue weighted by molar-refractivity contribution is 0.222. The van der Waals surface area contributed by atoms with Crippen LogP contribution in [0.1, 0.15) is 29.4 Å². The van der Waals surface area contributed by atoms with Gasteiger partial charge in [-0.05, 0) is 55.6 Å². The molecule has 3 aliphatic rings. The molecule has 144 valence electrons. The van der Waals surface area contributed by atoms with Crippen molar-refractivity contribution in [1.29, 1.82) is 0 Å². The molecular weight excluding hydrogens is 341 g/mol. The SMILES string of the molecule is CN1C[C@H]2CN(Cc3cc4n(n3)CCCNC4)C[C@H]2[C@@H]1c1cccc(F)c1. The van der Waals surface area contributed by atoms with Gasteiger partial charge in [-0.1, -0.05) is 12.1 Å². The van der Waals surface area contributed by atoms with Crippen molar-refractivity contribution in [2.45, 2.75) is 32.1 Å². The van der Waals surface area contributed by atoms with Crippen molar-refractivity contribution >= 4 is 0 Å². The number of nitrogens with one attached hydrogen (secondary N) is 1. The highest BCUT2D eigenvalue weighted by atomic mass is 19.1. The summed E-state index contributed by atoms with van der Waals surface area (Å²) in [4.78, 5) is 4.95. The van der Waals surface area contributed by atoms with Gasteiger partial charge in [0.25, 0.3) is 0 Å². The van der Waals surface area contributed by atoms with Gasteiger partial charge in [0.2, 0.25) is 0 Å². The number of aryl methyl sites for hydroxylation is 1. The molecule has 1 N–H and O–H groups in total. The first-order valence-corrected chi connectivity index (χ1v) is 10.1. The molecular formula is C21H28FN5. The molecule has 0 bridgehead atoms. The van der Waals surface area contributed by atoms with Crippen molar-refractivity contribution in [3.05, 3.63) is 53.1 Å². The second-order valence-corrected chi connectivity index (χ2v) is 8.44. The number of likely N-dealkylation sites (tertiary alicyclic amines) is 2. The summed E-state index contributed by atoms with van der Waals surface area (Å²) < 4.78 is 15.9. The van der Waals surface area contributed by atoms with E-state index >= 15 is 0 Å². The Morgan fingerprint density at radius 1 is 1.22 bits per heavy atom. The minimum Gasteiger partial charge on any atom is -0.311 e. The topological polar surface area (TPSA) is 36.3 Å². The number of hydrogen-bond donors (Lipinski definition) is 1. The van der Waals surface area contributed by atoms with Crippen LogP contribution < -0.4 is 5.32 Å². The average Bonchev–Trinajstić information content (AvgIpc) is 3.22. The highest BCUT2D eigenvalue weighted by Crippen LogP contribution is 2.44. The van der Waals surface area contributed by atoms with Gasteiger partial charge in [0.1, 0.15) is 5.82 Å². The number of nitrogens with zero attached hydrogens (tertiary/aromatic N) is 4. The van der Waals surface area contributed by atoms with Crippen LogP contribution in [0.3, 0.4) is 0 Å². The second kappa shape index (κ2) is 7.00. The number of fused-ring (bicyclic) bond motifs is 2. The van der Waals surface area contributed by atoms with E-state index in [2.05, 4.69) is 39.0 Å². The zero-order chi connectivity index (χ0) is 18.4. The van der Waals surface area contributed by atoms with E-state index in [0.717, 1.165) is 57.8 Å². The molecule has 27 heavy (non-hydrogen) atoms. The van der Waals surface area contributed by atoms with Gasteiger partial charge in [-0.2, -0.15) is 5.10 Å². The van der Waals surface area contributed by atoms with Crippen LogP contribution in [-0.2, 0) is 19.6 Å². The molecule has 0 aliphatic carbocycles. The standard InChI is InChI=1S/C21H28FN5/c1-25-11-16-12-26(13-18-9-19-10-23-6-3-7-27(19)24-18)14-20(16)21(25)15-4-2-5-17(22)8-15/h2,4-5,8-9,16,20-21,23H,3,6-7,10-14H2,1H3/t16-,20+,21-/m0/s1. The van der Waals surface area contributed by atoms with E-state index in [4.69, 9.17) is 5.10 Å². The largest absolute Gasteiger partial charge is 0.311 e. The molecule has 4 heterocycles. The summed E-state index contributed by atoms with van der Waals surface area (Å²) in [5.74, 6) is 1.09. The Kier molecular flexibility index (Phi) is 4.50. The summed E-state index contributed by atoms with van der Waals surface area (Å²) in [6, 6.07) is 9.75. The van der Waals surface area contributed by atoms with E-state index in [1.807, 2.05) is 6.07 Å². The molecule has 6 heteroatoms. The van der Waals surface area contributed by atoms with Crippen molar-refractivity contribution < 1.29 is 4.39 Å². The second-order valence-electron chi connectivity index (χ2n) is 8.44. The van der Waals surface area contributed by atoms with Gasteiger partial charge < -0.3 is 5.32 Å². The third-order valence-electron chi connectivity index (χ3n) is 6.49. The summed E-state index contributed by atoms with van der Waals surface area (Å²) in [7, 11) is 2.18. The van der Waals surface area contributed by atoms with Crippen molar-refractivity contribution in [2.75, 3.05) is 33.2 Å². The molecule has 2 fully saturated rings. The molecule has 3 aliphatic heterocycles. The number of aromatic nitrogens is 2. The Morgan fingerprint density at radius 2 is 2.15 bits per heavy atom. The van der Waals surface area contributed by atoms with Crippen LogP contribution >= 0.6 is 0 Å². The smallest absolute Gasteiger partial charge is 0.123 e. The maximum Gasteiger partial charge on any atom is 0.123 e. The van der Waals surface area contributed by atoms with Gasteiger partial charge in [-0.15, -0.1) is 0 Å². The van der Waals surface area contributed by atoms with Crippen LogP contribution in [0.25, 0.3) is 0 Å². The van der Waals surface area contributed by atoms with Crippen molar-refractivity contribution in [1.82, 2.24) is 24.9 Å². The minimum absolute atomic E-state index is 0.132. The number of rotatable bonds is 3. The molecule has 0 amide bonds. The lowest BCUT2D eigenvalue weighted by Crippen LogP contribution is -2.29. The predicted molar refractivity (Wildman–Crippen MR) is 103 cm³/mol. The van der Waals surface area contributed by atoms with Crippen LogP contribution in [-0.4, -0.2) is 52.8 Å². The number of halogens is 1. The minimum atomic E-state index is -0.132. The van der Waals surface area contributed by atoms with Gasteiger partial charge >= 0.3 is 0 Å². The average molecular weight is 369 g/mol. The molecule has 1 aromatic carbocycles. The molecule has 5 nitrogen and oxygen atoms in total. The summed E-state index contributed by atoms with van der Waals surface area (Å²) >= 11 is 0. The molecule has 0 saturated carbocycles. The van der Waals surface area contributed by atoms with E-state index in [0.29, 0.717) is 17.9 Å². The molecule has 2 aromatic rings. The lowest BCUT2D eigenvalue weighted by Gasteiger charge is -2.26. The Morgan fingerprint density at radius 3 is 3.04 bits per heavy atom. The molecule has 5 rings (SSSR count). The van der Waals surface area contributed by atoms with E-state index in [9.17, 15) is 4.39 Å². The Labute approximate surface area is 160 Å². The summed E-state index contributed by atoms with van der Waals surface area (Å²) in [6.07, 6.45) is 1.14. The maximum absolute atomic E-state index is 13.8. The molecule has 1 aromatic heterocycles. The zero-order valence-electron chi connectivity index (χ0n) is 15.9. The van der Waals surface area contributed by atoms with Crippen molar-refractivity contribution in [3.63, 3.8) is 0 Å². The van der Waals surface area contributed by atoms with Crippen LogP contribution in [0, 0.1) is 17.7 Å². The van der Waals surface area contributed by atoms with E-state index in [1.54, 1.807) is 6.07 Å². The number of benzene rings is 1. The van der Waals surface area contributed by atoms with Gasteiger partial charge in [-0.25, -0.2) is 4.39 Å². The van der Waals surface area contributed by atoms with Crippen molar-refractivity contribution in [2.24, 2.45) is 11.8 Å². The predicted octanol–water partition coefficient (Wildman–Crippen LogP) is 2.25. The third kappa shape index (κ3) is 3.30. The Hall–Kier alpha value is -1.76. The van der Waals surface area contributed by atoms with E-state index < -0.39 is 0 Å². The third-order valence-corrected chi connectivity index (χ3v) is 6.49.